The Kier molecular flexibility index (Phi) is 3.78. The van der Waals surface area contributed by atoms with E-state index in [1.165, 1.54) is 18.5 Å². The first kappa shape index (κ1) is 12.8. The van der Waals surface area contributed by atoms with E-state index in [-0.39, 0.29) is 23.8 Å². The summed E-state index contributed by atoms with van der Waals surface area (Å²) in [4.78, 5) is 15.5. The number of piperidine rings is 1. The maximum Gasteiger partial charge on any atom is 0.253 e. The van der Waals surface area contributed by atoms with Crippen LogP contribution in [0.5, 0.6) is 5.75 Å². The van der Waals surface area contributed by atoms with E-state index in [1.807, 2.05) is 0 Å². The van der Waals surface area contributed by atoms with Gasteiger partial charge in [-0.15, -0.1) is 0 Å². The van der Waals surface area contributed by atoms with Crippen molar-refractivity contribution in [3.8, 4) is 5.75 Å². The minimum Gasteiger partial charge on any atom is -0.506 e. The number of pyridine rings is 1. The number of hydrogen-bond acceptors (Lipinski definition) is 5. The Balaban J connectivity index is 1.92. The molecule has 1 atom stereocenters. The molecule has 1 amide bonds. The topological polar surface area (TPSA) is 94.5 Å². The van der Waals surface area contributed by atoms with Crippen molar-refractivity contribution in [1.29, 1.82) is 0 Å². The van der Waals surface area contributed by atoms with Gasteiger partial charge in [-0.25, -0.2) is 0 Å². The fourth-order valence-electron chi connectivity index (χ4n) is 2.00. The summed E-state index contributed by atoms with van der Waals surface area (Å²) in [6.45, 7) is 1.56. The van der Waals surface area contributed by atoms with Crippen LogP contribution in [-0.4, -0.2) is 46.3 Å². The van der Waals surface area contributed by atoms with Crippen LogP contribution in [0, 0.1) is 0 Å². The number of nitrogens with zero attached hydrogens (tertiary/aromatic N) is 1. The van der Waals surface area contributed by atoms with Gasteiger partial charge in [0.2, 0.25) is 0 Å². The third-order valence-electron chi connectivity index (χ3n) is 3.01. The fraction of sp³-hybridized carbons (Fsp3) is 0.500. The quantitative estimate of drug-likeness (QED) is 0.588. The summed E-state index contributed by atoms with van der Waals surface area (Å²) >= 11 is 0. The molecule has 1 aromatic rings. The standard InChI is InChI=1S/C12H17N3O3/c16-10-4-9(5-14-6-10)11(17)15-8-12(18)2-1-3-13-7-12/h4-6,13,16,18H,1-3,7-8H2,(H,15,17)/t12-/m1/s1. The van der Waals surface area contributed by atoms with Crippen molar-refractivity contribution in [2.75, 3.05) is 19.6 Å². The molecule has 98 valence electrons. The number of β-amino-alcohol motifs (C(OH)–C–C–N with tert-alkyl or cyclic N) is 1. The first-order valence-corrected chi connectivity index (χ1v) is 5.94. The molecule has 2 heterocycles. The van der Waals surface area contributed by atoms with Crippen LogP contribution in [0.3, 0.4) is 0 Å². The molecule has 2 rings (SSSR count). The van der Waals surface area contributed by atoms with Gasteiger partial charge in [-0.2, -0.15) is 0 Å². The molecule has 18 heavy (non-hydrogen) atoms. The minimum absolute atomic E-state index is 0.0549. The second-order valence-electron chi connectivity index (χ2n) is 4.62. The summed E-state index contributed by atoms with van der Waals surface area (Å²) in [5.41, 5.74) is -0.611. The van der Waals surface area contributed by atoms with Crippen LogP contribution < -0.4 is 10.6 Å². The number of aromatic hydroxyl groups is 1. The molecule has 0 radical (unpaired) electrons. The highest BCUT2D eigenvalue weighted by atomic mass is 16.3. The second-order valence-corrected chi connectivity index (χ2v) is 4.62. The number of rotatable bonds is 3. The maximum absolute atomic E-state index is 11.8. The van der Waals surface area contributed by atoms with E-state index in [0.717, 1.165) is 13.0 Å². The zero-order chi connectivity index (χ0) is 13.0. The van der Waals surface area contributed by atoms with Crippen molar-refractivity contribution in [3.63, 3.8) is 0 Å². The predicted molar refractivity (Wildman–Crippen MR) is 65.3 cm³/mol. The van der Waals surface area contributed by atoms with Crippen LogP contribution in [0.4, 0.5) is 0 Å². The lowest BCUT2D eigenvalue weighted by Crippen LogP contribution is -2.52. The van der Waals surface area contributed by atoms with E-state index in [9.17, 15) is 15.0 Å². The lowest BCUT2D eigenvalue weighted by Gasteiger charge is -2.32. The number of carbonyl (C=O) groups is 1. The van der Waals surface area contributed by atoms with Gasteiger partial charge in [0.1, 0.15) is 5.75 Å². The Morgan fingerprint density at radius 2 is 2.39 bits per heavy atom. The fourth-order valence-corrected chi connectivity index (χ4v) is 2.00. The van der Waals surface area contributed by atoms with Crippen molar-refractivity contribution in [3.05, 3.63) is 24.0 Å². The molecule has 1 saturated heterocycles. The molecule has 1 aromatic heterocycles. The van der Waals surface area contributed by atoms with Gasteiger partial charge in [0.25, 0.3) is 5.91 Å². The summed E-state index contributed by atoms with van der Waals surface area (Å²) in [6, 6.07) is 1.34. The Hall–Kier alpha value is -1.66. The van der Waals surface area contributed by atoms with E-state index in [2.05, 4.69) is 15.6 Å². The average Bonchev–Trinajstić information content (AvgIpc) is 2.37. The van der Waals surface area contributed by atoms with Gasteiger partial charge < -0.3 is 20.8 Å². The van der Waals surface area contributed by atoms with E-state index in [0.29, 0.717) is 13.0 Å². The Bertz CT molecular complexity index is 430. The molecule has 1 aliphatic heterocycles. The summed E-state index contributed by atoms with van der Waals surface area (Å²) in [5, 5.41) is 25.2. The summed E-state index contributed by atoms with van der Waals surface area (Å²) in [7, 11) is 0. The van der Waals surface area contributed by atoms with Crippen LogP contribution in [-0.2, 0) is 0 Å². The molecule has 1 fully saturated rings. The Morgan fingerprint density at radius 1 is 1.56 bits per heavy atom. The predicted octanol–water partition coefficient (Wildman–Crippen LogP) is -0.369. The van der Waals surface area contributed by atoms with Crippen molar-refractivity contribution >= 4 is 5.91 Å². The number of nitrogens with one attached hydrogen (secondary N) is 2. The van der Waals surface area contributed by atoms with Gasteiger partial charge in [-0.1, -0.05) is 0 Å². The zero-order valence-corrected chi connectivity index (χ0v) is 10.0. The van der Waals surface area contributed by atoms with Crippen LogP contribution in [0.2, 0.25) is 0 Å². The SMILES string of the molecule is O=C(NC[C@@]1(O)CCCNC1)c1cncc(O)c1. The highest BCUT2D eigenvalue weighted by Crippen LogP contribution is 2.15. The third kappa shape index (κ3) is 3.18. The normalized spacial score (nSPS) is 23.6. The van der Waals surface area contributed by atoms with Gasteiger partial charge in [0, 0.05) is 19.3 Å². The Labute approximate surface area is 105 Å². The summed E-state index contributed by atoms with van der Waals surface area (Å²) in [6.07, 6.45) is 4.19. The average molecular weight is 251 g/mol. The molecule has 4 N–H and O–H groups in total. The molecule has 0 unspecified atom stereocenters. The van der Waals surface area contributed by atoms with E-state index < -0.39 is 5.60 Å². The highest BCUT2D eigenvalue weighted by molar-refractivity contribution is 5.94. The van der Waals surface area contributed by atoms with Crippen molar-refractivity contribution in [1.82, 2.24) is 15.6 Å². The third-order valence-corrected chi connectivity index (χ3v) is 3.01. The summed E-state index contributed by atoms with van der Waals surface area (Å²) < 4.78 is 0. The van der Waals surface area contributed by atoms with Crippen molar-refractivity contribution < 1.29 is 15.0 Å². The van der Waals surface area contributed by atoms with Crippen LogP contribution >= 0.6 is 0 Å². The van der Waals surface area contributed by atoms with Gasteiger partial charge in [-0.3, -0.25) is 9.78 Å². The maximum atomic E-state index is 11.8. The molecular formula is C12H17N3O3. The summed E-state index contributed by atoms with van der Waals surface area (Å²) in [5.74, 6) is -0.405. The first-order chi connectivity index (χ1) is 8.59. The van der Waals surface area contributed by atoms with Gasteiger partial charge >= 0.3 is 0 Å². The largest absolute Gasteiger partial charge is 0.506 e. The molecule has 0 bridgehead atoms. The lowest BCUT2D eigenvalue weighted by molar-refractivity contribution is 0.0170. The molecule has 0 spiro atoms. The van der Waals surface area contributed by atoms with Crippen molar-refractivity contribution in [2.45, 2.75) is 18.4 Å². The van der Waals surface area contributed by atoms with Gasteiger partial charge in [0.15, 0.2) is 0 Å². The van der Waals surface area contributed by atoms with E-state index >= 15 is 0 Å². The van der Waals surface area contributed by atoms with Gasteiger partial charge in [-0.05, 0) is 25.5 Å². The molecule has 0 saturated carbocycles. The van der Waals surface area contributed by atoms with Crippen LogP contribution in [0.25, 0.3) is 0 Å². The second kappa shape index (κ2) is 5.32. The molecule has 0 aliphatic carbocycles. The van der Waals surface area contributed by atoms with E-state index in [4.69, 9.17) is 0 Å². The number of aliphatic hydroxyl groups is 1. The van der Waals surface area contributed by atoms with E-state index in [1.54, 1.807) is 0 Å². The number of carbonyl (C=O) groups excluding carboxylic acids is 1. The molecule has 6 heteroatoms. The molecule has 0 aromatic carbocycles. The minimum atomic E-state index is -0.891. The first-order valence-electron chi connectivity index (χ1n) is 5.94. The molecular weight excluding hydrogens is 234 g/mol. The Morgan fingerprint density at radius 3 is 3.06 bits per heavy atom. The number of amides is 1. The molecule has 6 nitrogen and oxygen atoms in total. The van der Waals surface area contributed by atoms with Crippen LogP contribution in [0.1, 0.15) is 23.2 Å². The van der Waals surface area contributed by atoms with Crippen molar-refractivity contribution in [2.24, 2.45) is 0 Å². The zero-order valence-electron chi connectivity index (χ0n) is 10.0. The van der Waals surface area contributed by atoms with Gasteiger partial charge in [0.05, 0.1) is 17.4 Å². The number of aromatic nitrogens is 1. The monoisotopic (exact) mass is 251 g/mol. The highest BCUT2D eigenvalue weighted by Gasteiger charge is 2.29. The van der Waals surface area contributed by atoms with Crippen LogP contribution in [0.15, 0.2) is 18.5 Å². The molecule has 1 aliphatic rings. The number of hydrogen-bond donors (Lipinski definition) is 4. The smallest absolute Gasteiger partial charge is 0.253 e. The lowest BCUT2D eigenvalue weighted by atomic mass is 9.94.